The minimum Gasteiger partial charge on any atom is -0.507 e. The highest BCUT2D eigenvalue weighted by Gasteiger charge is 2.13. The van der Waals surface area contributed by atoms with E-state index in [0.29, 0.717) is 10.6 Å². The Morgan fingerprint density at radius 2 is 2.00 bits per heavy atom. The summed E-state index contributed by atoms with van der Waals surface area (Å²) in [6.07, 6.45) is 0. The SMILES string of the molecule is Cc1cccc(Cl)c1NC(C)c1ccc(F)cc1O. The molecular weight excluding hydrogens is 265 g/mol. The van der Waals surface area contributed by atoms with E-state index in [1.165, 1.54) is 6.07 Å². The predicted octanol–water partition coefficient (Wildman–Crippen LogP) is 4.67. The second-order valence-electron chi connectivity index (χ2n) is 4.50. The summed E-state index contributed by atoms with van der Waals surface area (Å²) in [5.74, 6) is -0.521. The Balaban J connectivity index is 2.28. The Labute approximate surface area is 116 Å². The molecule has 0 aromatic heterocycles. The molecule has 4 heteroatoms. The van der Waals surface area contributed by atoms with Crippen molar-refractivity contribution in [1.82, 2.24) is 0 Å². The van der Waals surface area contributed by atoms with E-state index in [1.807, 2.05) is 26.0 Å². The van der Waals surface area contributed by atoms with Crippen LogP contribution in [0, 0.1) is 12.7 Å². The number of hydrogen-bond donors (Lipinski definition) is 2. The van der Waals surface area contributed by atoms with E-state index < -0.39 is 5.82 Å². The molecule has 1 atom stereocenters. The Morgan fingerprint density at radius 3 is 2.63 bits per heavy atom. The second-order valence-corrected chi connectivity index (χ2v) is 4.91. The van der Waals surface area contributed by atoms with E-state index >= 15 is 0 Å². The van der Waals surface area contributed by atoms with Gasteiger partial charge in [0.25, 0.3) is 0 Å². The number of aromatic hydroxyl groups is 1. The fourth-order valence-electron chi connectivity index (χ4n) is 1.99. The highest BCUT2D eigenvalue weighted by Crippen LogP contribution is 2.32. The number of halogens is 2. The maximum absolute atomic E-state index is 13.0. The third-order valence-electron chi connectivity index (χ3n) is 3.04. The molecule has 2 rings (SSSR count). The van der Waals surface area contributed by atoms with Gasteiger partial charge in [-0.05, 0) is 31.5 Å². The van der Waals surface area contributed by atoms with Crippen molar-refractivity contribution in [3.8, 4) is 5.75 Å². The maximum Gasteiger partial charge on any atom is 0.126 e. The molecular formula is C15H15ClFNO. The molecule has 0 spiro atoms. The lowest BCUT2D eigenvalue weighted by atomic mass is 10.1. The van der Waals surface area contributed by atoms with Gasteiger partial charge in [-0.15, -0.1) is 0 Å². The van der Waals surface area contributed by atoms with Crippen LogP contribution in [-0.2, 0) is 0 Å². The van der Waals surface area contributed by atoms with Crippen LogP contribution in [0.25, 0.3) is 0 Å². The Morgan fingerprint density at radius 1 is 1.26 bits per heavy atom. The summed E-state index contributed by atoms with van der Waals surface area (Å²) in [5, 5.41) is 13.6. The standard InChI is InChI=1S/C15H15ClFNO/c1-9-4-3-5-13(16)15(9)18-10(2)12-7-6-11(17)8-14(12)19/h3-8,10,18-19H,1-2H3. The summed E-state index contributed by atoms with van der Waals surface area (Å²) >= 11 is 6.14. The lowest BCUT2D eigenvalue weighted by molar-refractivity contribution is 0.459. The highest BCUT2D eigenvalue weighted by atomic mass is 35.5. The zero-order chi connectivity index (χ0) is 14.0. The quantitative estimate of drug-likeness (QED) is 0.856. The van der Waals surface area contributed by atoms with E-state index in [1.54, 1.807) is 12.1 Å². The zero-order valence-corrected chi connectivity index (χ0v) is 11.5. The van der Waals surface area contributed by atoms with Gasteiger partial charge in [-0.25, -0.2) is 4.39 Å². The van der Waals surface area contributed by atoms with Crippen LogP contribution in [0.4, 0.5) is 10.1 Å². The zero-order valence-electron chi connectivity index (χ0n) is 10.7. The summed E-state index contributed by atoms with van der Waals surface area (Å²) < 4.78 is 13.0. The topological polar surface area (TPSA) is 32.3 Å². The van der Waals surface area contributed by atoms with Gasteiger partial charge in [0.2, 0.25) is 0 Å². The van der Waals surface area contributed by atoms with E-state index in [-0.39, 0.29) is 11.8 Å². The minimum atomic E-state index is -0.456. The van der Waals surface area contributed by atoms with Gasteiger partial charge in [0.15, 0.2) is 0 Å². The molecule has 0 amide bonds. The van der Waals surface area contributed by atoms with Crippen LogP contribution in [0.15, 0.2) is 36.4 Å². The van der Waals surface area contributed by atoms with Crippen molar-refractivity contribution in [1.29, 1.82) is 0 Å². The number of nitrogens with one attached hydrogen (secondary N) is 1. The van der Waals surface area contributed by atoms with Crippen molar-refractivity contribution in [2.75, 3.05) is 5.32 Å². The number of aryl methyl sites for hydroxylation is 1. The Bertz CT molecular complexity index is 580. The first kappa shape index (κ1) is 13.7. The number of para-hydroxylation sites is 1. The Hall–Kier alpha value is -1.74. The molecule has 0 saturated heterocycles. The fourth-order valence-corrected chi connectivity index (χ4v) is 2.27. The monoisotopic (exact) mass is 279 g/mol. The van der Waals surface area contributed by atoms with E-state index in [4.69, 9.17) is 11.6 Å². The average Bonchev–Trinajstić information content (AvgIpc) is 2.33. The van der Waals surface area contributed by atoms with Gasteiger partial charge in [-0.2, -0.15) is 0 Å². The van der Waals surface area contributed by atoms with Crippen molar-refractivity contribution in [2.24, 2.45) is 0 Å². The molecule has 100 valence electrons. The number of rotatable bonds is 3. The molecule has 0 aliphatic rings. The molecule has 2 nitrogen and oxygen atoms in total. The first-order valence-corrected chi connectivity index (χ1v) is 6.37. The van der Waals surface area contributed by atoms with Gasteiger partial charge in [0, 0.05) is 11.6 Å². The van der Waals surface area contributed by atoms with E-state index in [2.05, 4.69) is 5.32 Å². The molecule has 0 saturated carbocycles. The second kappa shape index (κ2) is 5.49. The number of anilines is 1. The first-order valence-electron chi connectivity index (χ1n) is 5.99. The van der Waals surface area contributed by atoms with Gasteiger partial charge < -0.3 is 10.4 Å². The largest absolute Gasteiger partial charge is 0.507 e. The third kappa shape index (κ3) is 2.99. The fraction of sp³-hybridized carbons (Fsp3) is 0.200. The lowest BCUT2D eigenvalue weighted by Gasteiger charge is -2.19. The highest BCUT2D eigenvalue weighted by molar-refractivity contribution is 6.33. The number of phenolic OH excluding ortho intramolecular Hbond substituents is 1. The molecule has 2 aromatic rings. The summed E-state index contributed by atoms with van der Waals surface area (Å²) in [7, 11) is 0. The van der Waals surface area contributed by atoms with Gasteiger partial charge in [0.05, 0.1) is 16.8 Å². The van der Waals surface area contributed by atoms with Gasteiger partial charge in [-0.3, -0.25) is 0 Å². The van der Waals surface area contributed by atoms with E-state index in [0.717, 1.165) is 17.3 Å². The van der Waals surface area contributed by atoms with Crippen molar-refractivity contribution >= 4 is 17.3 Å². The number of benzene rings is 2. The van der Waals surface area contributed by atoms with Crippen LogP contribution in [0.2, 0.25) is 5.02 Å². The molecule has 1 unspecified atom stereocenters. The van der Waals surface area contributed by atoms with Crippen molar-refractivity contribution < 1.29 is 9.50 Å². The normalized spacial score (nSPS) is 12.2. The van der Waals surface area contributed by atoms with E-state index in [9.17, 15) is 9.50 Å². The molecule has 2 N–H and O–H groups in total. The molecule has 19 heavy (non-hydrogen) atoms. The molecule has 0 aliphatic carbocycles. The van der Waals surface area contributed by atoms with Crippen molar-refractivity contribution in [3.05, 3.63) is 58.4 Å². The summed E-state index contributed by atoms with van der Waals surface area (Å²) in [6, 6.07) is 9.44. The van der Waals surface area contributed by atoms with Crippen LogP contribution in [0.1, 0.15) is 24.1 Å². The van der Waals surface area contributed by atoms with Crippen LogP contribution in [0.3, 0.4) is 0 Å². The predicted molar refractivity (Wildman–Crippen MR) is 76.3 cm³/mol. The van der Waals surface area contributed by atoms with Crippen LogP contribution in [-0.4, -0.2) is 5.11 Å². The van der Waals surface area contributed by atoms with Gasteiger partial charge in [0.1, 0.15) is 11.6 Å². The molecule has 0 heterocycles. The van der Waals surface area contributed by atoms with Gasteiger partial charge >= 0.3 is 0 Å². The van der Waals surface area contributed by atoms with Crippen LogP contribution < -0.4 is 5.32 Å². The van der Waals surface area contributed by atoms with Crippen LogP contribution in [0.5, 0.6) is 5.75 Å². The number of phenols is 1. The van der Waals surface area contributed by atoms with Crippen molar-refractivity contribution in [2.45, 2.75) is 19.9 Å². The number of hydrogen-bond acceptors (Lipinski definition) is 2. The molecule has 0 radical (unpaired) electrons. The molecule has 0 fully saturated rings. The molecule has 0 aliphatic heterocycles. The molecule has 2 aromatic carbocycles. The Kier molecular flexibility index (Phi) is 3.96. The summed E-state index contributed by atoms with van der Waals surface area (Å²) in [6.45, 7) is 3.83. The molecule has 0 bridgehead atoms. The third-order valence-corrected chi connectivity index (χ3v) is 3.36. The maximum atomic E-state index is 13.0. The average molecular weight is 280 g/mol. The summed E-state index contributed by atoms with van der Waals surface area (Å²) in [5.41, 5.74) is 2.46. The summed E-state index contributed by atoms with van der Waals surface area (Å²) in [4.78, 5) is 0. The minimum absolute atomic E-state index is 0.0651. The van der Waals surface area contributed by atoms with Gasteiger partial charge in [-0.1, -0.05) is 29.8 Å². The first-order chi connectivity index (χ1) is 8.99. The van der Waals surface area contributed by atoms with Crippen LogP contribution >= 0.6 is 11.6 Å². The lowest BCUT2D eigenvalue weighted by Crippen LogP contribution is -2.08. The smallest absolute Gasteiger partial charge is 0.126 e. The van der Waals surface area contributed by atoms with Crippen molar-refractivity contribution in [3.63, 3.8) is 0 Å².